The number of rotatable bonds is 3. The number of fused-ring (bicyclic) bond motifs is 4. The lowest BCUT2D eigenvalue weighted by molar-refractivity contribution is 0.0353. The van der Waals surface area contributed by atoms with Crippen LogP contribution in [0.25, 0.3) is 0 Å². The van der Waals surface area contributed by atoms with E-state index in [9.17, 15) is 8.42 Å². The van der Waals surface area contributed by atoms with Gasteiger partial charge in [-0.05, 0) is 44.4 Å². The third kappa shape index (κ3) is 2.06. The summed E-state index contributed by atoms with van der Waals surface area (Å²) in [6.45, 7) is 1.90. The number of hydrogen-bond donors (Lipinski definition) is 1. The summed E-state index contributed by atoms with van der Waals surface area (Å²) in [6, 6.07) is 0. The molecule has 0 atom stereocenters. The largest absolute Gasteiger partial charge is 0.333 e. The molecule has 22 heavy (non-hydrogen) atoms. The number of sulfonamides is 1. The van der Waals surface area contributed by atoms with Crippen molar-refractivity contribution >= 4 is 10.0 Å². The number of imidazole rings is 1. The first-order valence-corrected chi connectivity index (χ1v) is 9.78. The van der Waals surface area contributed by atoms with Gasteiger partial charge in [-0.25, -0.2) is 13.4 Å². The molecule has 2 N–H and O–H groups in total. The minimum Gasteiger partial charge on any atom is -0.333 e. The zero-order chi connectivity index (χ0) is 15.4. The lowest BCUT2D eigenvalue weighted by Gasteiger charge is -2.52. The Morgan fingerprint density at radius 1 is 1.32 bits per heavy atom. The van der Waals surface area contributed by atoms with Crippen molar-refractivity contribution in [3.63, 3.8) is 0 Å². The van der Waals surface area contributed by atoms with E-state index in [0.717, 1.165) is 57.3 Å². The standard InChI is InChI=1S/C15H24N4O2S/c16-11-15-6-4-12(5-7-15)9-19(15)22(20,21)14-10-18-8-2-1-3-13(18)17-14/h10,12H,1-9,11,16H2. The molecule has 0 amide bonds. The SMILES string of the molecule is NCC12CCC(CC1)CN2S(=O)(=O)c1cn2c(n1)CCCC2. The van der Waals surface area contributed by atoms with Gasteiger partial charge in [0.15, 0.2) is 5.03 Å². The summed E-state index contributed by atoms with van der Waals surface area (Å²) in [5.41, 5.74) is 5.63. The molecule has 4 aliphatic rings. The van der Waals surface area contributed by atoms with E-state index in [0.29, 0.717) is 19.0 Å². The fourth-order valence-electron chi connectivity index (χ4n) is 4.36. The summed E-state index contributed by atoms with van der Waals surface area (Å²) >= 11 is 0. The van der Waals surface area contributed by atoms with E-state index >= 15 is 0 Å². The predicted octanol–water partition coefficient (Wildman–Crippen LogP) is 1.11. The Bertz CT molecular complexity index is 650. The molecule has 0 radical (unpaired) electrons. The summed E-state index contributed by atoms with van der Waals surface area (Å²) in [5.74, 6) is 1.40. The van der Waals surface area contributed by atoms with E-state index < -0.39 is 10.0 Å². The molecule has 2 bridgehead atoms. The summed E-state index contributed by atoms with van der Waals surface area (Å²) in [7, 11) is -3.54. The van der Waals surface area contributed by atoms with Gasteiger partial charge in [-0.1, -0.05) is 0 Å². The van der Waals surface area contributed by atoms with Gasteiger partial charge in [0, 0.05) is 37.8 Å². The van der Waals surface area contributed by atoms with Crippen LogP contribution in [0.2, 0.25) is 0 Å². The summed E-state index contributed by atoms with van der Waals surface area (Å²) in [4.78, 5) is 4.44. The maximum atomic E-state index is 13.2. The molecule has 122 valence electrons. The smallest absolute Gasteiger partial charge is 0.262 e. The van der Waals surface area contributed by atoms with Gasteiger partial charge < -0.3 is 10.3 Å². The maximum Gasteiger partial charge on any atom is 0.262 e. The number of nitrogens with two attached hydrogens (primary N) is 1. The van der Waals surface area contributed by atoms with Crippen LogP contribution in [-0.2, 0) is 23.0 Å². The second-order valence-corrected chi connectivity index (χ2v) is 8.86. The van der Waals surface area contributed by atoms with Crippen LogP contribution in [0.3, 0.4) is 0 Å². The molecule has 1 saturated carbocycles. The highest BCUT2D eigenvalue weighted by molar-refractivity contribution is 7.89. The van der Waals surface area contributed by atoms with Crippen LogP contribution in [0.15, 0.2) is 11.2 Å². The van der Waals surface area contributed by atoms with Crippen LogP contribution < -0.4 is 5.73 Å². The Morgan fingerprint density at radius 2 is 2.09 bits per heavy atom. The van der Waals surface area contributed by atoms with Crippen LogP contribution in [0.4, 0.5) is 0 Å². The van der Waals surface area contributed by atoms with E-state index in [4.69, 9.17) is 5.73 Å². The van der Waals surface area contributed by atoms with Gasteiger partial charge in [-0.3, -0.25) is 0 Å². The zero-order valence-electron chi connectivity index (χ0n) is 12.9. The van der Waals surface area contributed by atoms with Crippen LogP contribution >= 0.6 is 0 Å². The summed E-state index contributed by atoms with van der Waals surface area (Å²) in [5, 5.41) is 0.227. The van der Waals surface area contributed by atoms with Gasteiger partial charge in [-0.15, -0.1) is 0 Å². The molecule has 6 nitrogen and oxygen atoms in total. The lowest BCUT2D eigenvalue weighted by Crippen LogP contribution is -2.63. The first-order chi connectivity index (χ1) is 10.5. The third-order valence-electron chi connectivity index (χ3n) is 5.81. The lowest BCUT2D eigenvalue weighted by atomic mass is 9.72. The molecule has 3 fully saturated rings. The Morgan fingerprint density at radius 3 is 2.77 bits per heavy atom. The van der Waals surface area contributed by atoms with E-state index in [1.54, 1.807) is 10.5 Å². The van der Waals surface area contributed by atoms with Crippen LogP contribution in [-0.4, -0.2) is 40.9 Å². The van der Waals surface area contributed by atoms with Crippen molar-refractivity contribution in [2.24, 2.45) is 11.7 Å². The van der Waals surface area contributed by atoms with E-state index in [1.165, 1.54) is 0 Å². The van der Waals surface area contributed by atoms with Gasteiger partial charge in [0.1, 0.15) is 5.82 Å². The maximum absolute atomic E-state index is 13.2. The Balaban J connectivity index is 1.72. The Labute approximate surface area is 131 Å². The van der Waals surface area contributed by atoms with Crippen molar-refractivity contribution in [3.05, 3.63) is 12.0 Å². The Hall–Kier alpha value is -0.920. The molecular weight excluding hydrogens is 300 g/mol. The average Bonchev–Trinajstić information content (AvgIpc) is 3.00. The summed E-state index contributed by atoms with van der Waals surface area (Å²) in [6.07, 6.45) is 8.78. The van der Waals surface area contributed by atoms with Crippen LogP contribution in [0.5, 0.6) is 0 Å². The molecule has 1 aromatic rings. The number of piperidine rings is 2. The van der Waals surface area contributed by atoms with Gasteiger partial charge >= 0.3 is 0 Å². The second-order valence-electron chi connectivity index (χ2n) is 7.05. The first-order valence-electron chi connectivity index (χ1n) is 8.34. The number of aryl methyl sites for hydroxylation is 2. The van der Waals surface area contributed by atoms with Gasteiger partial charge in [-0.2, -0.15) is 4.31 Å². The van der Waals surface area contributed by atoms with Gasteiger partial charge in [0.25, 0.3) is 10.0 Å². The average molecular weight is 324 g/mol. The first kappa shape index (κ1) is 14.7. The molecule has 3 aliphatic heterocycles. The third-order valence-corrected chi connectivity index (χ3v) is 7.65. The van der Waals surface area contributed by atoms with Crippen molar-refractivity contribution in [2.75, 3.05) is 13.1 Å². The summed E-state index contributed by atoms with van der Waals surface area (Å²) < 4.78 is 30.0. The Kier molecular flexibility index (Phi) is 3.36. The quantitative estimate of drug-likeness (QED) is 0.903. The van der Waals surface area contributed by atoms with E-state index in [2.05, 4.69) is 4.98 Å². The monoisotopic (exact) mass is 324 g/mol. The second kappa shape index (κ2) is 5.04. The number of aromatic nitrogens is 2. The fraction of sp³-hybridized carbons (Fsp3) is 0.800. The van der Waals surface area contributed by atoms with E-state index in [1.807, 2.05) is 4.57 Å². The van der Waals surface area contributed by atoms with Gasteiger partial charge in [0.05, 0.1) is 0 Å². The van der Waals surface area contributed by atoms with Crippen molar-refractivity contribution in [2.45, 2.75) is 62.1 Å². The van der Waals surface area contributed by atoms with Crippen molar-refractivity contribution < 1.29 is 8.42 Å². The highest BCUT2D eigenvalue weighted by Gasteiger charge is 2.51. The topological polar surface area (TPSA) is 81.2 Å². The van der Waals surface area contributed by atoms with Crippen molar-refractivity contribution in [1.29, 1.82) is 0 Å². The number of hydrogen-bond acceptors (Lipinski definition) is 4. The molecule has 1 aliphatic carbocycles. The fourth-order valence-corrected chi connectivity index (χ4v) is 6.24. The molecule has 0 spiro atoms. The van der Waals surface area contributed by atoms with Crippen LogP contribution in [0, 0.1) is 5.92 Å². The molecule has 5 rings (SSSR count). The number of nitrogens with zero attached hydrogens (tertiary/aromatic N) is 3. The molecular formula is C15H24N4O2S. The highest BCUT2D eigenvalue weighted by Crippen LogP contribution is 2.45. The molecule has 0 unspecified atom stereocenters. The molecule has 1 aromatic heterocycles. The van der Waals surface area contributed by atoms with Gasteiger partial charge in [0.2, 0.25) is 0 Å². The van der Waals surface area contributed by atoms with E-state index in [-0.39, 0.29) is 10.6 Å². The van der Waals surface area contributed by atoms with Crippen LogP contribution in [0.1, 0.15) is 44.3 Å². The molecule has 7 heteroatoms. The normalized spacial score (nSPS) is 32.1. The zero-order valence-corrected chi connectivity index (χ0v) is 13.7. The minimum absolute atomic E-state index is 0.227. The minimum atomic E-state index is -3.54. The molecule has 2 saturated heterocycles. The predicted molar refractivity (Wildman–Crippen MR) is 82.8 cm³/mol. The molecule has 0 aromatic carbocycles. The highest BCUT2D eigenvalue weighted by atomic mass is 32.2. The van der Waals surface area contributed by atoms with Crippen molar-refractivity contribution in [3.8, 4) is 0 Å². The van der Waals surface area contributed by atoms with Crippen molar-refractivity contribution in [1.82, 2.24) is 13.9 Å². The molecule has 4 heterocycles.